The lowest BCUT2D eigenvalue weighted by molar-refractivity contribution is -0.120. The van der Waals surface area contributed by atoms with Gasteiger partial charge in [-0.05, 0) is 39.3 Å². The van der Waals surface area contributed by atoms with Crippen LogP contribution in [0, 0.1) is 0 Å². The van der Waals surface area contributed by atoms with Gasteiger partial charge in [-0.3, -0.25) is 4.79 Å². The highest BCUT2D eigenvalue weighted by Gasteiger charge is 2.09. The Morgan fingerprint density at radius 3 is 2.74 bits per heavy atom. The molecule has 0 aromatic heterocycles. The predicted octanol–water partition coefficient (Wildman–Crippen LogP) is 1.87. The molecule has 0 fully saturated rings. The first-order valence-electron chi connectivity index (χ1n) is 6.84. The number of para-hydroxylation sites is 1. The van der Waals surface area contributed by atoms with Gasteiger partial charge in [0.05, 0.1) is 12.5 Å². The average molecular weight is 264 g/mol. The highest BCUT2D eigenvalue weighted by atomic mass is 16.5. The minimum absolute atomic E-state index is 0.0248. The Hall–Kier alpha value is -1.55. The lowest BCUT2D eigenvalue weighted by Gasteiger charge is -2.14. The Labute approximate surface area is 115 Å². The molecule has 0 aliphatic rings. The first-order valence-corrected chi connectivity index (χ1v) is 6.84. The molecule has 0 heterocycles. The highest BCUT2D eigenvalue weighted by Crippen LogP contribution is 2.19. The van der Waals surface area contributed by atoms with Crippen LogP contribution in [0.4, 0.5) is 0 Å². The second kappa shape index (κ2) is 8.53. The molecule has 0 atom stereocenters. The third-order valence-corrected chi connectivity index (χ3v) is 2.64. The largest absolute Gasteiger partial charge is 0.491 e. The van der Waals surface area contributed by atoms with E-state index in [4.69, 9.17) is 10.5 Å². The molecule has 4 nitrogen and oxygen atoms in total. The second-order valence-corrected chi connectivity index (χ2v) is 4.80. The van der Waals surface area contributed by atoms with E-state index in [0.717, 1.165) is 24.2 Å². The van der Waals surface area contributed by atoms with Crippen molar-refractivity contribution in [3.8, 4) is 5.75 Å². The Kier molecular flexibility index (Phi) is 6.97. The number of ether oxygens (including phenoxy) is 1. The summed E-state index contributed by atoms with van der Waals surface area (Å²) in [6, 6.07) is 7.67. The van der Waals surface area contributed by atoms with Gasteiger partial charge in [-0.2, -0.15) is 0 Å². The normalized spacial score (nSPS) is 10.5. The number of carbonyl (C=O) groups is 1. The molecule has 0 unspecified atom stereocenters. The van der Waals surface area contributed by atoms with Crippen LogP contribution in [0.2, 0.25) is 0 Å². The molecule has 106 valence electrons. The van der Waals surface area contributed by atoms with Gasteiger partial charge in [0, 0.05) is 12.1 Å². The number of nitrogens with two attached hydrogens (primary N) is 1. The van der Waals surface area contributed by atoms with Gasteiger partial charge in [-0.25, -0.2) is 0 Å². The summed E-state index contributed by atoms with van der Waals surface area (Å²) in [5.41, 5.74) is 6.33. The van der Waals surface area contributed by atoms with Gasteiger partial charge in [0.15, 0.2) is 0 Å². The number of hydrogen-bond acceptors (Lipinski definition) is 3. The van der Waals surface area contributed by atoms with E-state index in [1.165, 1.54) is 0 Å². The van der Waals surface area contributed by atoms with Gasteiger partial charge in [0.2, 0.25) is 5.91 Å². The van der Waals surface area contributed by atoms with Gasteiger partial charge in [0.1, 0.15) is 5.75 Å². The maximum absolute atomic E-state index is 11.8. The number of nitrogens with one attached hydrogen (secondary N) is 1. The molecule has 0 spiro atoms. The van der Waals surface area contributed by atoms with Crippen molar-refractivity contribution in [2.75, 3.05) is 13.1 Å². The van der Waals surface area contributed by atoms with Crippen LogP contribution in [0.15, 0.2) is 24.3 Å². The monoisotopic (exact) mass is 264 g/mol. The fraction of sp³-hybridized carbons (Fsp3) is 0.533. The van der Waals surface area contributed by atoms with Crippen molar-refractivity contribution in [3.63, 3.8) is 0 Å². The van der Waals surface area contributed by atoms with Crippen LogP contribution < -0.4 is 15.8 Å². The first-order chi connectivity index (χ1) is 9.13. The summed E-state index contributed by atoms with van der Waals surface area (Å²) in [6.07, 6.45) is 2.32. The maximum atomic E-state index is 11.8. The van der Waals surface area contributed by atoms with Crippen LogP contribution in [-0.4, -0.2) is 25.1 Å². The molecule has 1 rings (SSSR count). The molecule has 19 heavy (non-hydrogen) atoms. The van der Waals surface area contributed by atoms with Crippen LogP contribution in [0.25, 0.3) is 0 Å². The van der Waals surface area contributed by atoms with Crippen molar-refractivity contribution < 1.29 is 9.53 Å². The highest BCUT2D eigenvalue weighted by molar-refractivity contribution is 5.79. The van der Waals surface area contributed by atoms with E-state index in [1.807, 2.05) is 38.1 Å². The number of hydrogen-bond donors (Lipinski definition) is 2. The van der Waals surface area contributed by atoms with Crippen molar-refractivity contribution in [3.05, 3.63) is 29.8 Å². The minimum Gasteiger partial charge on any atom is -0.491 e. The molecule has 1 aromatic carbocycles. The zero-order valence-corrected chi connectivity index (χ0v) is 11.8. The molecule has 0 saturated carbocycles. The average Bonchev–Trinajstić information content (AvgIpc) is 2.36. The third-order valence-electron chi connectivity index (χ3n) is 2.64. The molecule has 0 radical (unpaired) electrons. The van der Waals surface area contributed by atoms with Crippen LogP contribution in [0.1, 0.15) is 32.3 Å². The van der Waals surface area contributed by atoms with Crippen molar-refractivity contribution in [1.29, 1.82) is 0 Å². The van der Waals surface area contributed by atoms with Crippen LogP contribution in [-0.2, 0) is 11.2 Å². The molecule has 0 aliphatic heterocycles. The SMILES string of the molecule is CC(C)Oc1ccccc1CC(=O)NCCCCN. The van der Waals surface area contributed by atoms with E-state index in [-0.39, 0.29) is 12.0 Å². The van der Waals surface area contributed by atoms with Gasteiger partial charge >= 0.3 is 0 Å². The van der Waals surface area contributed by atoms with Crippen molar-refractivity contribution in [2.45, 2.75) is 39.2 Å². The number of carbonyl (C=O) groups excluding carboxylic acids is 1. The minimum atomic E-state index is 0.0248. The summed E-state index contributed by atoms with van der Waals surface area (Å²) < 4.78 is 5.69. The van der Waals surface area contributed by atoms with E-state index < -0.39 is 0 Å². The van der Waals surface area contributed by atoms with Gasteiger partial charge < -0.3 is 15.8 Å². The molecule has 4 heteroatoms. The lowest BCUT2D eigenvalue weighted by Crippen LogP contribution is -2.26. The second-order valence-electron chi connectivity index (χ2n) is 4.80. The Morgan fingerprint density at radius 2 is 2.05 bits per heavy atom. The zero-order valence-electron chi connectivity index (χ0n) is 11.8. The van der Waals surface area contributed by atoms with Crippen molar-refractivity contribution >= 4 is 5.91 Å². The summed E-state index contributed by atoms with van der Waals surface area (Å²) >= 11 is 0. The summed E-state index contributed by atoms with van der Waals surface area (Å²) in [6.45, 7) is 5.30. The molecular formula is C15H24N2O2. The maximum Gasteiger partial charge on any atom is 0.224 e. The fourth-order valence-electron chi connectivity index (χ4n) is 1.75. The summed E-state index contributed by atoms with van der Waals surface area (Å²) in [5.74, 6) is 0.812. The van der Waals surface area contributed by atoms with E-state index in [9.17, 15) is 4.79 Å². The quantitative estimate of drug-likeness (QED) is 0.705. The smallest absolute Gasteiger partial charge is 0.224 e. The van der Waals surface area contributed by atoms with Crippen LogP contribution >= 0.6 is 0 Å². The van der Waals surface area contributed by atoms with Gasteiger partial charge in [0.25, 0.3) is 0 Å². The Bertz CT molecular complexity index is 391. The molecule has 0 bridgehead atoms. The lowest BCUT2D eigenvalue weighted by atomic mass is 10.1. The number of benzene rings is 1. The molecule has 1 aromatic rings. The number of unbranched alkanes of at least 4 members (excludes halogenated alkanes) is 1. The summed E-state index contributed by atoms with van der Waals surface area (Å²) in [4.78, 5) is 11.8. The predicted molar refractivity (Wildman–Crippen MR) is 77.2 cm³/mol. The topological polar surface area (TPSA) is 64.3 Å². The molecule has 1 amide bonds. The van der Waals surface area contributed by atoms with E-state index in [2.05, 4.69) is 5.32 Å². The Morgan fingerprint density at radius 1 is 1.32 bits per heavy atom. The summed E-state index contributed by atoms with van der Waals surface area (Å²) in [7, 11) is 0. The van der Waals surface area contributed by atoms with E-state index in [1.54, 1.807) is 0 Å². The Balaban J connectivity index is 2.49. The molecule has 0 aliphatic carbocycles. The zero-order chi connectivity index (χ0) is 14.1. The first kappa shape index (κ1) is 15.5. The fourth-order valence-corrected chi connectivity index (χ4v) is 1.75. The standard InChI is InChI=1S/C15H24N2O2/c1-12(2)19-14-8-4-3-7-13(14)11-15(18)17-10-6-5-9-16/h3-4,7-8,12H,5-6,9-11,16H2,1-2H3,(H,17,18). The third kappa shape index (κ3) is 6.25. The van der Waals surface area contributed by atoms with Crippen LogP contribution in [0.3, 0.4) is 0 Å². The molecule has 3 N–H and O–H groups in total. The molecular weight excluding hydrogens is 240 g/mol. The van der Waals surface area contributed by atoms with Crippen LogP contribution in [0.5, 0.6) is 5.75 Å². The number of rotatable bonds is 8. The van der Waals surface area contributed by atoms with Crippen molar-refractivity contribution in [1.82, 2.24) is 5.32 Å². The van der Waals surface area contributed by atoms with Crippen molar-refractivity contribution in [2.24, 2.45) is 5.73 Å². The van der Waals surface area contributed by atoms with E-state index >= 15 is 0 Å². The van der Waals surface area contributed by atoms with Gasteiger partial charge in [-0.1, -0.05) is 18.2 Å². The number of amides is 1. The van der Waals surface area contributed by atoms with Gasteiger partial charge in [-0.15, -0.1) is 0 Å². The summed E-state index contributed by atoms with van der Waals surface area (Å²) in [5, 5.41) is 2.90. The molecule has 0 saturated heterocycles. The van der Waals surface area contributed by atoms with E-state index in [0.29, 0.717) is 19.5 Å².